The van der Waals surface area contributed by atoms with Crippen LogP contribution in [0.1, 0.15) is 22.8 Å². The van der Waals surface area contributed by atoms with Crippen molar-refractivity contribution in [3.8, 4) is 0 Å². The van der Waals surface area contributed by atoms with Gasteiger partial charge in [-0.15, -0.1) is 0 Å². The Labute approximate surface area is 118 Å². The maximum Gasteiger partial charge on any atom is 0.102 e. The lowest BCUT2D eigenvalue weighted by Gasteiger charge is -2.16. The lowest BCUT2D eigenvalue weighted by atomic mass is 10.1. The van der Waals surface area contributed by atoms with E-state index < -0.39 is 6.10 Å². The largest absolute Gasteiger partial charge is 0.393 e. The molecule has 3 N–H and O–H groups in total. The molecule has 0 radical (unpaired) electrons. The Bertz CT molecular complexity index is 586. The quantitative estimate of drug-likeness (QED) is 0.796. The van der Waals surface area contributed by atoms with Crippen LogP contribution >= 0.6 is 0 Å². The average Bonchev–Trinajstić information content (AvgIpc) is 2.88. The highest BCUT2D eigenvalue weighted by Gasteiger charge is 2.19. The van der Waals surface area contributed by atoms with Gasteiger partial charge in [-0.3, -0.25) is 0 Å². The molecule has 20 heavy (non-hydrogen) atoms. The van der Waals surface area contributed by atoms with Gasteiger partial charge in [-0.2, -0.15) is 0 Å². The number of hydrogen-bond acceptors (Lipinski definition) is 4. The van der Waals surface area contributed by atoms with E-state index in [1.54, 1.807) is 0 Å². The van der Waals surface area contributed by atoms with Gasteiger partial charge in [0.15, 0.2) is 0 Å². The second-order valence-corrected chi connectivity index (χ2v) is 5.07. The van der Waals surface area contributed by atoms with E-state index in [0.717, 1.165) is 24.3 Å². The van der Waals surface area contributed by atoms with Crippen molar-refractivity contribution in [1.29, 1.82) is 0 Å². The number of anilines is 1. The second kappa shape index (κ2) is 5.63. The van der Waals surface area contributed by atoms with Crippen molar-refractivity contribution in [3.63, 3.8) is 0 Å². The van der Waals surface area contributed by atoms with Crippen LogP contribution in [0.2, 0.25) is 0 Å². The first-order chi connectivity index (χ1) is 9.76. The van der Waals surface area contributed by atoms with Gasteiger partial charge in [-0.1, -0.05) is 42.5 Å². The molecule has 104 valence electrons. The van der Waals surface area contributed by atoms with Gasteiger partial charge >= 0.3 is 0 Å². The molecule has 0 bridgehead atoms. The van der Waals surface area contributed by atoms with E-state index in [4.69, 9.17) is 5.11 Å². The third kappa shape index (κ3) is 2.67. The first-order valence-corrected chi connectivity index (χ1v) is 6.73. The molecule has 3 rings (SSSR count). The number of benzene rings is 2. The van der Waals surface area contributed by atoms with E-state index in [0.29, 0.717) is 0 Å². The molecule has 1 aliphatic heterocycles. The van der Waals surface area contributed by atoms with Gasteiger partial charge in [0.2, 0.25) is 0 Å². The fraction of sp³-hybridized carbons (Fsp3) is 0.250. The number of rotatable bonds is 4. The van der Waals surface area contributed by atoms with Crippen LogP contribution in [-0.2, 0) is 13.1 Å². The summed E-state index contributed by atoms with van der Waals surface area (Å²) in [4.78, 5) is 0. The molecule has 4 heteroatoms. The molecule has 1 atom stereocenters. The number of fused-ring (bicyclic) bond motifs is 1. The smallest absolute Gasteiger partial charge is 0.102 e. The Hall–Kier alpha value is -1.88. The van der Waals surface area contributed by atoms with Crippen LogP contribution in [0.4, 0.5) is 5.69 Å². The zero-order chi connectivity index (χ0) is 13.9. The predicted molar refractivity (Wildman–Crippen MR) is 77.8 cm³/mol. The van der Waals surface area contributed by atoms with Crippen LogP contribution in [0.25, 0.3) is 0 Å². The molecule has 0 saturated carbocycles. The summed E-state index contributed by atoms with van der Waals surface area (Å²) in [6.07, 6.45) is -0.815. The molecule has 4 nitrogen and oxygen atoms in total. The highest BCUT2D eigenvalue weighted by molar-refractivity contribution is 5.56. The van der Waals surface area contributed by atoms with Gasteiger partial charge in [-0.05, 0) is 22.8 Å². The van der Waals surface area contributed by atoms with Crippen LogP contribution in [-0.4, -0.2) is 21.8 Å². The van der Waals surface area contributed by atoms with E-state index in [-0.39, 0.29) is 6.61 Å². The molecule has 0 amide bonds. The van der Waals surface area contributed by atoms with Gasteiger partial charge in [0.25, 0.3) is 0 Å². The number of nitrogens with one attached hydrogen (secondary N) is 1. The van der Waals surface area contributed by atoms with E-state index >= 15 is 0 Å². The Morgan fingerprint density at radius 1 is 1.15 bits per heavy atom. The minimum atomic E-state index is -0.815. The lowest BCUT2D eigenvalue weighted by molar-refractivity contribution is 0.0956. The highest BCUT2D eigenvalue weighted by Crippen LogP contribution is 2.29. The Morgan fingerprint density at radius 3 is 2.70 bits per heavy atom. The van der Waals surface area contributed by atoms with Crippen molar-refractivity contribution in [1.82, 2.24) is 5.01 Å². The summed E-state index contributed by atoms with van der Waals surface area (Å²) in [5.74, 6) is 0. The first kappa shape index (κ1) is 13.1. The van der Waals surface area contributed by atoms with Gasteiger partial charge in [0, 0.05) is 13.1 Å². The molecule has 0 unspecified atom stereocenters. The maximum absolute atomic E-state index is 9.67. The number of hydrogen-bond donors (Lipinski definition) is 3. The van der Waals surface area contributed by atoms with Crippen LogP contribution in [0.5, 0.6) is 0 Å². The van der Waals surface area contributed by atoms with Crippen molar-refractivity contribution < 1.29 is 10.2 Å². The summed E-state index contributed by atoms with van der Waals surface area (Å²) in [7, 11) is 0. The molecule has 2 aromatic rings. The normalized spacial score (nSPS) is 15.7. The molecule has 2 aromatic carbocycles. The summed E-state index contributed by atoms with van der Waals surface area (Å²) in [5.41, 5.74) is 7.54. The van der Waals surface area contributed by atoms with Crippen LogP contribution in [0.15, 0.2) is 48.5 Å². The second-order valence-electron chi connectivity index (χ2n) is 5.07. The van der Waals surface area contributed by atoms with Gasteiger partial charge in [-0.25, -0.2) is 5.01 Å². The van der Waals surface area contributed by atoms with E-state index in [1.807, 2.05) is 36.4 Å². The lowest BCUT2D eigenvalue weighted by Crippen LogP contribution is -2.22. The Kier molecular flexibility index (Phi) is 3.69. The van der Waals surface area contributed by atoms with E-state index in [9.17, 15) is 5.11 Å². The first-order valence-electron chi connectivity index (χ1n) is 6.73. The zero-order valence-corrected chi connectivity index (χ0v) is 11.2. The van der Waals surface area contributed by atoms with E-state index in [1.165, 1.54) is 11.1 Å². The molecule has 1 aliphatic rings. The molecular weight excluding hydrogens is 252 g/mol. The predicted octanol–water partition coefficient (Wildman–Crippen LogP) is 2.05. The SMILES string of the molecule is OC[C@@H](O)c1ccc2c(c1)NN(Cc1ccccc1)C2. The number of hydrazine groups is 1. The summed E-state index contributed by atoms with van der Waals surface area (Å²) >= 11 is 0. The van der Waals surface area contributed by atoms with Gasteiger partial charge < -0.3 is 15.6 Å². The van der Waals surface area contributed by atoms with Crippen molar-refractivity contribution in [3.05, 3.63) is 65.2 Å². The molecule has 1 heterocycles. The molecule has 0 saturated heterocycles. The topological polar surface area (TPSA) is 55.7 Å². The van der Waals surface area contributed by atoms with Crippen molar-refractivity contribution in [2.24, 2.45) is 0 Å². The van der Waals surface area contributed by atoms with Crippen molar-refractivity contribution in [2.75, 3.05) is 12.0 Å². The third-order valence-corrected chi connectivity index (χ3v) is 3.55. The summed E-state index contributed by atoms with van der Waals surface area (Å²) in [5, 5.41) is 20.8. The third-order valence-electron chi connectivity index (χ3n) is 3.55. The van der Waals surface area contributed by atoms with Crippen LogP contribution in [0, 0.1) is 0 Å². The number of aliphatic hydroxyl groups is 2. The minimum Gasteiger partial charge on any atom is -0.393 e. The molecule has 0 spiro atoms. The Balaban J connectivity index is 1.72. The minimum absolute atomic E-state index is 0.257. The fourth-order valence-corrected chi connectivity index (χ4v) is 2.46. The van der Waals surface area contributed by atoms with E-state index in [2.05, 4.69) is 22.6 Å². The van der Waals surface area contributed by atoms with Crippen molar-refractivity contribution in [2.45, 2.75) is 19.2 Å². The van der Waals surface area contributed by atoms with Gasteiger partial charge in [0.05, 0.1) is 12.3 Å². The molecule has 0 fully saturated rings. The van der Waals surface area contributed by atoms with Crippen molar-refractivity contribution >= 4 is 5.69 Å². The Morgan fingerprint density at radius 2 is 1.95 bits per heavy atom. The molecule has 0 aliphatic carbocycles. The molecular formula is C16H18N2O2. The molecule has 0 aromatic heterocycles. The van der Waals surface area contributed by atoms with Crippen LogP contribution < -0.4 is 5.43 Å². The number of nitrogens with zero attached hydrogens (tertiary/aromatic N) is 1. The maximum atomic E-state index is 9.67. The summed E-state index contributed by atoms with van der Waals surface area (Å²) in [6.45, 7) is 1.40. The zero-order valence-electron chi connectivity index (χ0n) is 11.2. The highest BCUT2D eigenvalue weighted by atomic mass is 16.3. The average molecular weight is 270 g/mol. The standard InChI is InChI=1S/C16H18N2O2/c19-11-16(20)13-6-7-14-10-18(17-15(14)8-13)9-12-4-2-1-3-5-12/h1-8,16-17,19-20H,9-11H2/t16-/m1/s1. The number of aliphatic hydroxyl groups excluding tert-OH is 2. The summed E-state index contributed by atoms with van der Waals surface area (Å²) in [6, 6.07) is 16.1. The van der Waals surface area contributed by atoms with Crippen LogP contribution in [0.3, 0.4) is 0 Å². The monoisotopic (exact) mass is 270 g/mol. The fourth-order valence-electron chi connectivity index (χ4n) is 2.46. The summed E-state index contributed by atoms with van der Waals surface area (Å²) < 4.78 is 0. The van der Waals surface area contributed by atoms with Gasteiger partial charge in [0.1, 0.15) is 6.10 Å².